The number of amides is 2. The van der Waals surface area contributed by atoms with Crippen LogP contribution in [0.3, 0.4) is 0 Å². The normalized spacial score (nSPS) is 14.8. The minimum Gasteiger partial charge on any atom is -0.493 e. The van der Waals surface area contributed by atoms with Crippen LogP contribution in [0.1, 0.15) is 5.56 Å². The van der Waals surface area contributed by atoms with Crippen molar-refractivity contribution in [1.82, 2.24) is 9.62 Å². The monoisotopic (exact) mass is 553 g/mol. The largest absolute Gasteiger partial charge is 0.493 e. The Hall–Kier alpha value is -4.09. The lowest BCUT2D eigenvalue weighted by atomic mass is 10.1. The molecule has 1 unspecified atom stereocenters. The van der Waals surface area contributed by atoms with Crippen LogP contribution in [-0.2, 0) is 26.0 Å². The molecular formula is C28H31N3O7S. The van der Waals surface area contributed by atoms with Gasteiger partial charge in [0.05, 0.1) is 37.9 Å². The van der Waals surface area contributed by atoms with E-state index in [4.69, 9.17) is 14.2 Å². The number of hydrogen-bond donors (Lipinski definition) is 1. The van der Waals surface area contributed by atoms with Crippen molar-refractivity contribution in [2.24, 2.45) is 0 Å². The second kappa shape index (κ2) is 12.2. The SMILES string of the molecule is COc1ccc(S(=O)(=O)N(C)CC(=O)N2CC(C(=O)NCCc3ccccc3)Oc3ccccc32)cc1OC. The molecular weight excluding hydrogens is 522 g/mol. The number of likely N-dealkylation sites (N-methyl/N-ethyl adjacent to an activating group) is 1. The van der Waals surface area contributed by atoms with Crippen molar-refractivity contribution in [2.45, 2.75) is 17.4 Å². The molecule has 1 atom stereocenters. The summed E-state index contributed by atoms with van der Waals surface area (Å²) in [7, 11) is 0.148. The number of carbonyl (C=O) groups is 2. The van der Waals surface area contributed by atoms with E-state index in [1.807, 2.05) is 30.3 Å². The second-order valence-corrected chi connectivity index (χ2v) is 10.9. The van der Waals surface area contributed by atoms with Crippen molar-refractivity contribution < 1.29 is 32.2 Å². The van der Waals surface area contributed by atoms with Crippen LogP contribution in [0.4, 0.5) is 5.69 Å². The van der Waals surface area contributed by atoms with Crippen LogP contribution in [0.15, 0.2) is 77.7 Å². The maximum Gasteiger partial charge on any atom is 0.262 e. The molecule has 3 aromatic rings. The number of nitrogens with one attached hydrogen (secondary N) is 1. The molecule has 0 saturated heterocycles. The summed E-state index contributed by atoms with van der Waals surface area (Å²) < 4.78 is 43.7. The Morgan fingerprint density at radius 3 is 2.41 bits per heavy atom. The van der Waals surface area contributed by atoms with E-state index in [1.165, 1.54) is 44.4 Å². The van der Waals surface area contributed by atoms with Gasteiger partial charge in [-0.15, -0.1) is 0 Å². The van der Waals surface area contributed by atoms with Crippen molar-refractivity contribution >= 4 is 27.5 Å². The van der Waals surface area contributed by atoms with Gasteiger partial charge in [-0.3, -0.25) is 9.59 Å². The Kier molecular flexibility index (Phi) is 8.72. The zero-order valence-electron chi connectivity index (χ0n) is 22.0. The average Bonchev–Trinajstić information content (AvgIpc) is 2.96. The third-order valence-corrected chi connectivity index (χ3v) is 8.14. The van der Waals surface area contributed by atoms with E-state index in [0.29, 0.717) is 30.2 Å². The zero-order chi connectivity index (χ0) is 28.0. The van der Waals surface area contributed by atoms with Gasteiger partial charge in [-0.05, 0) is 36.2 Å². The molecule has 0 fully saturated rings. The van der Waals surface area contributed by atoms with Crippen molar-refractivity contribution in [3.63, 3.8) is 0 Å². The van der Waals surface area contributed by atoms with Crippen LogP contribution < -0.4 is 24.4 Å². The molecule has 0 aliphatic carbocycles. The molecule has 0 aromatic heterocycles. The van der Waals surface area contributed by atoms with Gasteiger partial charge < -0.3 is 24.4 Å². The van der Waals surface area contributed by atoms with Gasteiger partial charge in [-0.1, -0.05) is 42.5 Å². The first kappa shape index (κ1) is 27.9. The molecule has 1 aliphatic heterocycles. The maximum absolute atomic E-state index is 13.4. The number of para-hydroxylation sites is 2. The van der Waals surface area contributed by atoms with E-state index in [1.54, 1.807) is 24.3 Å². The second-order valence-electron chi connectivity index (χ2n) is 8.88. The molecule has 206 valence electrons. The Morgan fingerprint density at radius 2 is 1.69 bits per heavy atom. The smallest absolute Gasteiger partial charge is 0.262 e. The summed E-state index contributed by atoms with van der Waals surface area (Å²) in [5.41, 5.74) is 1.55. The van der Waals surface area contributed by atoms with Gasteiger partial charge in [0.1, 0.15) is 5.75 Å². The van der Waals surface area contributed by atoms with Crippen LogP contribution in [-0.4, -0.2) is 71.5 Å². The molecule has 0 bridgehead atoms. The summed E-state index contributed by atoms with van der Waals surface area (Å²) in [4.78, 5) is 27.7. The molecule has 1 heterocycles. The Morgan fingerprint density at radius 1 is 1.00 bits per heavy atom. The number of ether oxygens (including phenoxy) is 3. The highest BCUT2D eigenvalue weighted by Crippen LogP contribution is 2.34. The first-order chi connectivity index (χ1) is 18.7. The summed E-state index contributed by atoms with van der Waals surface area (Å²) in [6, 6.07) is 20.8. The Balaban J connectivity index is 1.47. The lowest BCUT2D eigenvalue weighted by Crippen LogP contribution is -2.52. The highest BCUT2D eigenvalue weighted by molar-refractivity contribution is 7.89. The molecule has 10 nitrogen and oxygen atoms in total. The fraction of sp³-hybridized carbons (Fsp3) is 0.286. The molecule has 3 aromatic carbocycles. The van der Waals surface area contributed by atoms with Gasteiger partial charge >= 0.3 is 0 Å². The molecule has 1 N–H and O–H groups in total. The minimum absolute atomic E-state index is 0.0477. The summed E-state index contributed by atoms with van der Waals surface area (Å²) >= 11 is 0. The van der Waals surface area contributed by atoms with Crippen LogP contribution in [0.25, 0.3) is 0 Å². The molecule has 39 heavy (non-hydrogen) atoms. The van der Waals surface area contributed by atoms with E-state index in [9.17, 15) is 18.0 Å². The molecule has 11 heteroatoms. The van der Waals surface area contributed by atoms with E-state index in [-0.39, 0.29) is 23.1 Å². The van der Waals surface area contributed by atoms with Crippen molar-refractivity contribution in [3.8, 4) is 17.2 Å². The number of nitrogens with zero attached hydrogens (tertiary/aromatic N) is 2. The lowest BCUT2D eigenvalue weighted by molar-refractivity contribution is -0.128. The average molecular weight is 554 g/mol. The summed E-state index contributed by atoms with van der Waals surface area (Å²) in [6.45, 7) is -0.102. The van der Waals surface area contributed by atoms with Crippen molar-refractivity contribution in [2.75, 3.05) is 45.8 Å². The minimum atomic E-state index is -4.04. The Bertz CT molecular complexity index is 1430. The van der Waals surface area contributed by atoms with Gasteiger partial charge in [0.2, 0.25) is 15.9 Å². The fourth-order valence-electron chi connectivity index (χ4n) is 4.21. The molecule has 2 amide bonds. The third-order valence-electron chi connectivity index (χ3n) is 6.34. The van der Waals surface area contributed by atoms with Gasteiger partial charge in [0, 0.05) is 19.7 Å². The lowest BCUT2D eigenvalue weighted by Gasteiger charge is -2.35. The quantitative estimate of drug-likeness (QED) is 0.410. The van der Waals surface area contributed by atoms with E-state index >= 15 is 0 Å². The molecule has 0 radical (unpaired) electrons. The first-order valence-electron chi connectivity index (χ1n) is 12.3. The van der Waals surface area contributed by atoms with Crippen molar-refractivity contribution in [3.05, 3.63) is 78.4 Å². The van der Waals surface area contributed by atoms with Crippen LogP contribution >= 0.6 is 0 Å². The van der Waals surface area contributed by atoms with Crippen LogP contribution in [0.2, 0.25) is 0 Å². The van der Waals surface area contributed by atoms with Gasteiger partial charge in [0.25, 0.3) is 5.91 Å². The number of rotatable bonds is 10. The molecule has 0 saturated carbocycles. The standard InChI is InChI=1S/C28H31N3O7S/c1-30(39(34,35)21-13-14-24(36-2)25(17-21)37-3)19-27(32)31-18-26(38-23-12-8-7-11-22(23)31)28(33)29-16-15-20-9-5-4-6-10-20/h4-14,17,26H,15-16,18-19H2,1-3H3,(H,29,33). The predicted molar refractivity (Wildman–Crippen MR) is 146 cm³/mol. The number of methoxy groups -OCH3 is 2. The highest BCUT2D eigenvalue weighted by Gasteiger charge is 2.35. The van der Waals surface area contributed by atoms with E-state index in [0.717, 1.165) is 9.87 Å². The van der Waals surface area contributed by atoms with Gasteiger partial charge in [-0.25, -0.2) is 8.42 Å². The topological polar surface area (TPSA) is 114 Å². The van der Waals surface area contributed by atoms with E-state index in [2.05, 4.69) is 5.32 Å². The zero-order valence-corrected chi connectivity index (χ0v) is 22.8. The van der Waals surface area contributed by atoms with Gasteiger partial charge in [-0.2, -0.15) is 4.31 Å². The first-order valence-corrected chi connectivity index (χ1v) is 13.7. The summed E-state index contributed by atoms with van der Waals surface area (Å²) in [5.74, 6) is 0.143. The van der Waals surface area contributed by atoms with Crippen LogP contribution in [0, 0.1) is 0 Å². The third kappa shape index (κ3) is 6.32. The summed E-state index contributed by atoms with van der Waals surface area (Å²) in [5, 5.41) is 2.87. The molecule has 0 spiro atoms. The fourth-order valence-corrected chi connectivity index (χ4v) is 5.35. The molecule has 4 rings (SSSR count). The molecule has 1 aliphatic rings. The number of fused-ring (bicyclic) bond motifs is 1. The Labute approximate surface area is 228 Å². The highest BCUT2D eigenvalue weighted by atomic mass is 32.2. The van der Waals surface area contributed by atoms with Crippen LogP contribution in [0.5, 0.6) is 17.2 Å². The number of anilines is 1. The number of hydrogen-bond acceptors (Lipinski definition) is 7. The predicted octanol–water partition coefficient (Wildman–Crippen LogP) is 2.48. The number of benzene rings is 3. The number of sulfonamides is 1. The summed E-state index contributed by atoms with van der Waals surface area (Å²) in [6.07, 6.45) is -0.301. The maximum atomic E-state index is 13.4. The van der Waals surface area contributed by atoms with E-state index < -0.39 is 28.6 Å². The van der Waals surface area contributed by atoms with Gasteiger partial charge in [0.15, 0.2) is 17.6 Å². The van der Waals surface area contributed by atoms with Crippen molar-refractivity contribution in [1.29, 1.82) is 0 Å². The number of carbonyl (C=O) groups excluding carboxylic acids is 2.